The van der Waals surface area contributed by atoms with Gasteiger partial charge in [0.1, 0.15) is 0 Å². The molecule has 0 atom stereocenters. The van der Waals surface area contributed by atoms with E-state index in [9.17, 15) is 27.1 Å². The van der Waals surface area contributed by atoms with Gasteiger partial charge >= 0.3 is 5.92 Å². The van der Waals surface area contributed by atoms with Gasteiger partial charge in [-0.25, -0.2) is 13.2 Å². The fraction of sp³-hybridized carbons (Fsp3) is 0.125. The summed E-state index contributed by atoms with van der Waals surface area (Å²) in [6, 6.07) is 7.26. The fourth-order valence-corrected chi connectivity index (χ4v) is 2.54. The molecule has 0 bridgehead atoms. The van der Waals surface area contributed by atoms with E-state index < -0.39 is 45.9 Å². The molecule has 1 aromatic rings. The Bertz CT molecular complexity index is 769. The Morgan fingerprint density at radius 1 is 0.955 bits per heavy atom. The third-order valence-electron chi connectivity index (χ3n) is 3.60. The predicted octanol–water partition coefficient (Wildman–Crippen LogP) is 5.31. The van der Waals surface area contributed by atoms with Crippen LogP contribution in [0.3, 0.4) is 0 Å². The molecule has 0 unspecified atom stereocenters. The van der Waals surface area contributed by atoms with Gasteiger partial charge in [0.2, 0.25) is 0 Å². The van der Waals surface area contributed by atoms with Crippen molar-refractivity contribution in [2.24, 2.45) is 0 Å². The number of hydrogen-bond donors (Lipinski definition) is 1. The molecule has 0 spiro atoms. The van der Waals surface area contributed by atoms with Crippen LogP contribution in [0.15, 0.2) is 70.8 Å². The molecular weight excluding hydrogens is 303 g/mol. The normalized spacial score (nSPS) is 21.0. The van der Waals surface area contributed by atoms with Crippen molar-refractivity contribution in [3.05, 3.63) is 76.4 Å². The summed E-state index contributed by atoms with van der Waals surface area (Å²) in [4.78, 5) is 0. The molecule has 0 saturated carbocycles. The standard InChI is InChI=1S/C16H9F5O/c17-10-7-6-9(13(10)18)12-11(8-4-2-1-3-5-8)14(19)16(20,21)15(12)22/h1-5,7,22H,6H2. The van der Waals surface area contributed by atoms with Crippen LogP contribution >= 0.6 is 0 Å². The Balaban J connectivity index is 2.25. The van der Waals surface area contributed by atoms with Crippen molar-refractivity contribution in [2.75, 3.05) is 0 Å². The molecule has 0 aliphatic heterocycles. The van der Waals surface area contributed by atoms with E-state index in [1.54, 1.807) is 6.07 Å². The fourth-order valence-electron chi connectivity index (χ4n) is 2.54. The lowest BCUT2D eigenvalue weighted by Gasteiger charge is -2.10. The summed E-state index contributed by atoms with van der Waals surface area (Å²) in [5, 5.41) is 9.68. The second kappa shape index (κ2) is 4.83. The maximum Gasteiger partial charge on any atom is 0.355 e. The lowest BCUT2D eigenvalue weighted by Crippen LogP contribution is -2.17. The molecule has 0 heterocycles. The average Bonchev–Trinajstić information content (AvgIpc) is 2.91. The summed E-state index contributed by atoms with van der Waals surface area (Å²) in [6.07, 6.45) is 0.513. The van der Waals surface area contributed by atoms with Crippen LogP contribution in [0.1, 0.15) is 12.0 Å². The van der Waals surface area contributed by atoms with Crippen LogP contribution in [0.25, 0.3) is 5.57 Å². The lowest BCUT2D eigenvalue weighted by molar-refractivity contribution is 0.0202. The highest BCUT2D eigenvalue weighted by Gasteiger charge is 2.52. The first-order valence-corrected chi connectivity index (χ1v) is 6.38. The molecule has 1 nitrogen and oxygen atoms in total. The maximum absolute atomic E-state index is 14.1. The minimum Gasteiger partial charge on any atom is -0.506 e. The number of aliphatic hydroxyl groups excluding tert-OH is 1. The summed E-state index contributed by atoms with van der Waals surface area (Å²) in [5.41, 5.74) is -1.74. The predicted molar refractivity (Wildman–Crippen MR) is 71.0 cm³/mol. The molecule has 2 aliphatic carbocycles. The number of allylic oxidation sites excluding steroid dienone is 7. The van der Waals surface area contributed by atoms with E-state index in [1.165, 1.54) is 24.3 Å². The molecule has 3 rings (SSSR count). The summed E-state index contributed by atoms with van der Waals surface area (Å²) < 4.78 is 68.7. The zero-order valence-corrected chi connectivity index (χ0v) is 11.0. The molecule has 0 aromatic heterocycles. The smallest absolute Gasteiger partial charge is 0.355 e. The Kier molecular flexibility index (Phi) is 3.20. The van der Waals surface area contributed by atoms with E-state index in [0.29, 0.717) is 0 Å². The molecule has 6 heteroatoms. The van der Waals surface area contributed by atoms with Gasteiger partial charge in [-0.1, -0.05) is 30.3 Å². The first-order valence-electron chi connectivity index (χ1n) is 6.38. The van der Waals surface area contributed by atoms with E-state index in [-0.39, 0.29) is 12.0 Å². The van der Waals surface area contributed by atoms with Gasteiger partial charge in [0.05, 0.1) is 0 Å². The van der Waals surface area contributed by atoms with E-state index in [4.69, 9.17) is 0 Å². The molecule has 2 aliphatic rings. The largest absolute Gasteiger partial charge is 0.506 e. The minimum atomic E-state index is -4.26. The lowest BCUT2D eigenvalue weighted by atomic mass is 9.93. The van der Waals surface area contributed by atoms with Gasteiger partial charge in [0.15, 0.2) is 23.2 Å². The van der Waals surface area contributed by atoms with E-state index in [1.807, 2.05) is 0 Å². The number of aliphatic hydroxyl groups is 1. The highest BCUT2D eigenvalue weighted by atomic mass is 19.3. The van der Waals surface area contributed by atoms with E-state index >= 15 is 0 Å². The molecule has 0 radical (unpaired) electrons. The van der Waals surface area contributed by atoms with Crippen molar-refractivity contribution in [1.29, 1.82) is 0 Å². The average molecular weight is 312 g/mol. The Labute approximate surface area is 122 Å². The number of rotatable bonds is 2. The molecule has 22 heavy (non-hydrogen) atoms. The summed E-state index contributed by atoms with van der Waals surface area (Å²) >= 11 is 0. The monoisotopic (exact) mass is 312 g/mol. The van der Waals surface area contributed by atoms with Crippen LogP contribution in [-0.4, -0.2) is 11.0 Å². The summed E-state index contributed by atoms with van der Waals surface area (Å²) in [5.74, 6) is -10.3. The summed E-state index contributed by atoms with van der Waals surface area (Å²) in [7, 11) is 0. The van der Waals surface area contributed by atoms with Gasteiger partial charge in [-0.3, -0.25) is 0 Å². The van der Waals surface area contributed by atoms with Gasteiger partial charge < -0.3 is 5.11 Å². The van der Waals surface area contributed by atoms with Crippen molar-refractivity contribution in [1.82, 2.24) is 0 Å². The maximum atomic E-state index is 14.1. The first-order chi connectivity index (χ1) is 10.4. The Hall–Kier alpha value is -2.37. The van der Waals surface area contributed by atoms with Gasteiger partial charge in [0.25, 0.3) is 0 Å². The van der Waals surface area contributed by atoms with Gasteiger partial charge in [-0.2, -0.15) is 8.78 Å². The van der Waals surface area contributed by atoms with Gasteiger partial charge in [0, 0.05) is 16.7 Å². The van der Waals surface area contributed by atoms with Crippen LogP contribution in [0.4, 0.5) is 22.0 Å². The molecule has 0 amide bonds. The highest BCUT2D eigenvalue weighted by molar-refractivity contribution is 5.90. The molecule has 0 fully saturated rings. The first kappa shape index (κ1) is 14.6. The van der Waals surface area contributed by atoms with E-state index in [2.05, 4.69) is 0 Å². The number of hydrogen-bond acceptors (Lipinski definition) is 1. The van der Waals surface area contributed by atoms with Crippen LogP contribution in [-0.2, 0) is 0 Å². The quantitative estimate of drug-likeness (QED) is 0.734. The number of alkyl halides is 2. The number of benzene rings is 1. The van der Waals surface area contributed by atoms with Crippen molar-refractivity contribution in [3.8, 4) is 0 Å². The topological polar surface area (TPSA) is 20.2 Å². The SMILES string of the molecule is OC1=C(C2=C(F)C(F)=CC2)C(c2ccccc2)=C(F)C1(F)F. The Morgan fingerprint density at radius 2 is 1.59 bits per heavy atom. The third-order valence-corrected chi connectivity index (χ3v) is 3.60. The van der Waals surface area contributed by atoms with Crippen LogP contribution < -0.4 is 0 Å². The molecule has 1 N–H and O–H groups in total. The van der Waals surface area contributed by atoms with E-state index in [0.717, 1.165) is 6.08 Å². The van der Waals surface area contributed by atoms with Crippen molar-refractivity contribution in [3.63, 3.8) is 0 Å². The van der Waals surface area contributed by atoms with Crippen molar-refractivity contribution < 1.29 is 27.1 Å². The highest BCUT2D eigenvalue weighted by Crippen LogP contribution is 2.52. The van der Waals surface area contributed by atoms with Crippen molar-refractivity contribution in [2.45, 2.75) is 12.3 Å². The molecular formula is C16H9F5O. The van der Waals surface area contributed by atoms with Crippen LogP contribution in [0.2, 0.25) is 0 Å². The Morgan fingerprint density at radius 3 is 2.14 bits per heavy atom. The minimum absolute atomic E-state index is 0.0475. The van der Waals surface area contributed by atoms with Gasteiger partial charge in [-0.15, -0.1) is 0 Å². The second-order valence-corrected chi connectivity index (χ2v) is 4.90. The zero-order valence-electron chi connectivity index (χ0n) is 11.0. The zero-order chi connectivity index (χ0) is 16.1. The summed E-state index contributed by atoms with van der Waals surface area (Å²) in [6.45, 7) is 0. The second-order valence-electron chi connectivity index (χ2n) is 4.90. The third kappa shape index (κ3) is 1.90. The van der Waals surface area contributed by atoms with Crippen molar-refractivity contribution >= 4 is 5.57 Å². The van der Waals surface area contributed by atoms with Crippen LogP contribution in [0, 0.1) is 0 Å². The molecule has 1 aromatic carbocycles. The van der Waals surface area contributed by atoms with Crippen LogP contribution in [0.5, 0.6) is 0 Å². The molecule has 0 saturated heterocycles. The van der Waals surface area contributed by atoms with Gasteiger partial charge in [-0.05, 0) is 18.1 Å². The molecule has 114 valence electrons. The number of halogens is 5.